The average molecular weight is 209 g/mol. The second kappa shape index (κ2) is 4.63. The number of aromatic nitrogens is 1. The molecule has 0 saturated carbocycles. The summed E-state index contributed by atoms with van der Waals surface area (Å²) in [7, 11) is 1.57. The largest absolute Gasteiger partial charge is 0.397 e. The molecule has 0 atom stereocenters. The maximum atomic E-state index is 11.5. The van der Waals surface area contributed by atoms with E-state index in [0.29, 0.717) is 17.9 Å². The SMILES string of the molecule is CNC(=O)CCn1c(C)c(N)ccc1=O. The highest BCUT2D eigenvalue weighted by atomic mass is 16.1. The van der Waals surface area contributed by atoms with Crippen molar-refractivity contribution in [3.05, 3.63) is 28.2 Å². The lowest BCUT2D eigenvalue weighted by atomic mass is 10.3. The van der Waals surface area contributed by atoms with Crippen LogP contribution in [0.3, 0.4) is 0 Å². The van der Waals surface area contributed by atoms with E-state index in [9.17, 15) is 9.59 Å². The summed E-state index contributed by atoms with van der Waals surface area (Å²) in [5.41, 5.74) is 6.80. The number of amides is 1. The zero-order chi connectivity index (χ0) is 11.4. The first-order valence-electron chi connectivity index (χ1n) is 4.72. The molecule has 3 N–H and O–H groups in total. The fraction of sp³-hybridized carbons (Fsp3) is 0.400. The topological polar surface area (TPSA) is 77.1 Å². The molecule has 0 aliphatic rings. The van der Waals surface area contributed by atoms with Gasteiger partial charge in [0.1, 0.15) is 0 Å². The number of nitrogen functional groups attached to an aromatic ring is 1. The van der Waals surface area contributed by atoms with Gasteiger partial charge in [0.05, 0.1) is 5.69 Å². The van der Waals surface area contributed by atoms with E-state index in [2.05, 4.69) is 5.32 Å². The third kappa shape index (κ3) is 2.59. The van der Waals surface area contributed by atoms with Crippen LogP contribution in [0, 0.1) is 6.92 Å². The van der Waals surface area contributed by atoms with Gasteiger partial charge in [-0.15, -0.1) is 0 Å². The minimum Gasteiger partial charge on any atom is -0.397 e. The van der Waals surface area contributed by atoms with Gasteiger partial charge in [-0.25, -0.2) is 0 Å². The zero-order valence-electron chi connectivity index (χ0n) is 8.91. The fourth-order valence-electron chi connectivity index (χ4n) is 1.31. The Morgan fingerprint density at radius 2 is 2.20 bits per heavy atom. The minimum atomic E-state index is -0.134. The molecule has 15 heavy (non-hydrogen) atoms. The van der Waals surface area contributed by atoms with E-state index in [1.165, 1.54) is 10.6 Å². The van der Waals surface area contributed by atoms with Crippen molar-refractivity contribution in [3.8, 4) is 0 Å². The lowest BCUT2D eigenvalue weighted by molar-refractivity contribution is -0.120. The summed E-state index contributed by atoms with van der Waals surface area (Å²) < 4.78 is 1.50. The van der Waals surface area contributed by atoms with Crippen molar-refractivity contribution < 1.29 is 4.79 Å². The van der Waals surface area contributed by atoms with Gasteiger partial charge in [0.15, 0.2) is 0 Å². The van der Waals surface area contributed by atoms with E-state index < -0.39 is 0 Å². The first-order valence-corrected chi connectivity index (χ1v) is 4.72. The van der Waals surface area contributed by atoms with Gasteiger partial charge in [0, 0.05) is 31.8 Å². The summed E-state index contributed by atoms with van der Waals surface area (Å²) in [6.45, 7) is 2.12. The number of anilines is 1. The molecule has 82 valence electrons. The first kappa shape index (κ1) is 11.3. The zero-order valence-corrected chi connectivity index (χ0v) is 8.91. The molecule has 0 unspecified atom stereocenters. The number of hydrogen-bond acceptors (Lipinski definition) is 3. The summed E-state index contributed by atoms with van der Waals surface area (Å²) in [5.74, 6) is -0.0938. The third-order valence-electron chi connectivity index (χ3n) is 2.34. The molecule has 5 heteroatoms. The van der Waals surface area contributed by atoms with E-state index in [1.807, 2.05) is 0 Å². The molecule has 1 heterocycles. The van der Waals surface area contributed by atoms with E-state index in [4.69, 9.17) is 5.73 Å². The summed E-state index contributed by atoms with van der Waals surface area (Å²) in [4.78, 5) is 22.5. The van der Waals surface area contributed by atoms with Crippen molar-refractivity contribution in [2.45, 2.75) is 19.9 Å². The van der Waals surface area contributed by atoms with Crippen molar-refractivity contribution in [1.82, 2.24) is 9.88 Å². The molecule has 1 rings (SSSR count). The molecule has 0 fully saturated rings. The lowest BCUT2D eigenvalue weighted by Gasteiger charge is -2.10. The van der Waals surface area contributed by atoms with Gasteiger partial charge >= 0.3 is 0 Å². The van der Waals surface area contributed by atoms with Gasteiger partial charge in [-0.1, -0.05) is 0 Å². The number of nitrogens with one attached hydrogen (secondary N) is 1. The number of nitrogens with two attached hydrogens (primary N) is 1. The second-order valence-electron chi connectivity index (χ2n) is 3.29. The Kier molecular flexibility index (Phi) is 3.49. The molecule has 0 bridgehead atoms. The summed E-state index contributed by atoms with van der Waals surface area (Å²) >= 11 is 0. The minimum absolute atomic E-state index is 0.0938. The van der Waals surface area contributed by atoms with Gasteiger partial charge in [-0.05, 0) is 13.0 Å². The Labute approximate surface area is 87.9 Å². The van der Waals surface area contributed by atoms with Gasteiger partial charge in [-0.2, -0.15) is 0 Å². The van der Waals surface area contributed by atoms with Gasteiger partial charge in [0.25, 0.3) is 5.56 Å². The maximum absolute atomic E-state index is 11.5. The Bertz CT molecular complexity index is 423. The Balaban J connectivity index is 2.90. The molecule has 0 aliphatic carbocycles. The predicted molar refractivity (Wildman–Crippen MR) is 58.5 cm³/mol. The number of pyridine rings is 1. The molecular weight excluding hydrogens is 194 g/mol. The molecule has 1 aromatic rings. The molecule has 5 nitrogen and oxygen atoms in total. The Morgan fingerprint density at radius 3 is 2.80 bits per heavy atom. The summed E-state index contributed by atoms with van der Waals surface area (Å²) in [5, 5.41) is 2.50. The predicted octanol–water partition coefficient (Wildman–Crippen LogP) is -0.125. The molecule has 0 saturated heterocycles. The monoisotopic (exact) mass is 209 g/mol. The van der Waals surface area contributed by atoms with E-state index >= 15 is 0 Å². The molecule has 0 spiro atoms. The van der Waals surface area contributed by atoms with Crippen molar-refractivity contribution in [1.29, 1.82) is 0 Å². The number of hydrogen-bond donors (Lipinski definition) is 2. The Morgan fingerprint density at radius 1 is 1.53 bits per heavy atom. The molecule has 1 aromatic heterocycles. The highest BCUT2D eigenvalue weighted by molar-refractivity contribution is 5.75. The van der Waals surface area contributed by atoms with Crippen LogP contribution in [-0.2, 0) is 11.3 Å². The van der Waals surface area contributed by atoms with Crippen LogP contribution in [-0.4, -0.2) is 17.5 Å². The van der Waals surface area contributed by atoms with Crippen LogP contribution in [0.1, 0.15) is 12.1 Å². The highest BCUT2D eigenvalue weighted by Crippen LogP contribution is 2.06. The quantitative estimate of drug-likeness (QED) is 0.728. The van der Waals surface area contributed by atoms with Gasteiger partial charge in [-0.3, -0.25) is 9.59 Å². The summed E-state index contributed by atoms with van der Waals surface area (Å²) in [6.07, 6.45) is 0.278. The van der Waals surface area contributed by atoms with Crippen LogP contribution in [0.15, 0.2) is 16.9 Å². The number of carbonyl (C=O) groups is 1. The van der Waals surface area contributed by atoms with E-state index in [1.54, 1.807) is 20.0 Å². The van der Waals surface area contributed by atoms with Gasteiger partial charge < -0.3 is 15.6 Å². The van der Waals surface area contributed by atoms with Crippen molar-refractivity contribution >= 4 is 11.6 Å². The molecular formula is C10H15N3O2. The number of rotatable bonds is 3. The average Bonchev–Trinajstić information content (AvgIpc) is 2.23. The number of carbonyl (C=O) groups excluding carboxylic acids is 1. The van der Waals surface area contributed by atoms with Crippen molar-refractivity contribution in [3.63, 3.8) is 0 Å². The molecule has 0 aliphatic heterocycles. The van der Waals surface area contributed by atoms with Crippen LogP contribution >= 0.6 is 0 Å². The first-order chi connectivity index (χ1) is 7.06. The maximum Gasteiger partial charge on any atom is 0.250 e. The molecule has 1 amide bonds. The van der Waals surface area contributed by atoms with Crippen molar-refractivity contribution in [2.75, 3.05) is 12.8 Å². The van der Waals surface area contributed by atoms with Crippen LogP contribution < -0.4 is 16.6 Å². The number of nitrogens with zero attached hydrogens (tertiary/aromatic N) is 1. The third-order valence-corrected chi connectivity index (χ3v) is 2.34. The van der Waals surface area contributed by atoms with Gasteiger partial charge in [0.2, 0.25) is 5.91 Å². The molecule has 0 radical (unpaired) electrons. The smallest absolute Gasteiger partial charge is 0.250 e. The van der Waals surface area contributed by atoms with Crippen LogP contribution in [0.5, 0.6) is 0 Å². The highest BCUT2D eigenvalue weighted by Gasteiger charge is 2.05. The molecule has 0 aromatic carbocycles. The second-order valence-corrected chi connectivity index (χ2v) is 3.29. The summed E-state index contributed by atoms with van der Waals surface area (Å²) in [6, 6.07) is 2.99. The Hall–Kier alpha value is -1.78. The standard InChI is InChI=1S/C10H15N3O2/c1-7-8(11)3-4-10(15)13(7)6-5-9(14)12-2/h3-4H,5-6,11H2,1-2H3,(H,12,14). The van der Waals surface area contributed by atoms with Crippen LogP contribution in [0.25, 0.3) is 0 Å². The van der Waals surface area contributed by atoms with Crippen molar-refractivity contribution in [2.24, 2.45) is 0 Å². The van der Waals surface area contributed by atoms with Crippen LogP contribution in [0.2, 0.25) is 0 Å². The van der Waals surface area contributed by atoms with E-state index in [0.717, 1.165) is 0 Å². The van der Waals surface area contributed by atoms with E-state index in [-0.39, 0.29) is 17.9 Å². The normalized spacial score (nSPS) is 10.0. The fourth-order valence-corrected chi connectivity index (χ4v) is 1.31. The van der Waals surface area contributed by atoms with Crippen LogP contribution in [0.4, 0.5) is 5.69 Å². The lowest BCUT2D eigenvalue weighted by Crippen LogP contribution is -2.26.